The van der Waals surface area contributed by atoms with Crippen molar-refractivity contribution in [3.63, 3.8) is 0 Å². The molecule has 0 saturated heterocycles. The number of ether oxygens (including phenoxy) is 1. The molecule has 0 radical (unpaired) electrons. The number of halogens is 2. The minimum absolute atomic E-state index is 0.00717. The highest BCUT2D eigenvalue weighted by Crippen LogP contribution is 2.44. The van der Waals surface area contributed by atoms with E-state index >= 15 is 0 Å². The maximum atomic E-state index is 13.4. The molecule has 0 spiro atoms. The van der Waals surface area contributed by atoms with Gasteiger partial charge in [0.1, 0.15) is 18.2 Å². The number of nitrogens with zero attached hydrogens (tertiary/aromatic N) is 2. The van der Waals surface area contributed by atoms with Gasteiger partial charge in [-0.05, 0) is 67.4 Å². The van der Waals surface area contributed by atoms with E-state index in [0.717, 1.165) is 27.1 Å². The van der Waals surface area contributed by atoms with Gasteiger partial charge in [0.2, 0.25) is 0 Å². The first kappa shape index (κ1) is 30.6. The molecule has 0 bridgehead atoms. The van der Waals surface area contributed by atoms with Crippen LogP contribution in [0.1, 0.15) is 57.5 Å². The normalized spacial score (nSPS) is 12.9. The predicted molar refractivity (Wildman–Crippen MR) is 164 cm³/mol. The molecule has 0 aliphatic carbocycles. The number of carboxylic acids is 1. The van der Waals surface area contributed by atoms with Crippen LogP contribution >= 0.6 is 23.4 Å². The van der Waals surface area contributed by atoms with Crippen molar-refractivity contribution in [2.24, 2.45) is 10.6 Å². The van der Waals surface area contributed by atoms with Crippen molar-refractivity contribution >= 4 is 40.2 Å². The Bertz CT molecular complexity index is 1540. The fraction of sp³-hybridized carbons (Fsp3) is 0.344. The van der Waals surface area contributed by atoms with Crippen LogP contribution in [-0.2, 0) is 17.8 Å². The van der Waals surface area contributed by atoms with Crippen molar-refractivity contribution in [3.8, 4) is 5.75 Å². The van der Waals surface area contributed by atoms with Crippen molar-refractivity contribution in [1.29, 1.82) is 0 Å². The summed E-state index contributed by atoms with van der Waals surface area (Å²) in [7, 11) is 0. The molecule has 4 aromatic rings. The zero-order chi connectivity index (χ0) is 29.9. The number of carboxylic acid groups (broad SMARTS) is 1. The van der Waals surface area contributed by atoms with E-state index in [1.54, 1.807) is 25.6 Å². The predicted octanol–water partition coefficient (Wildman–Crippen LogP) is 8.91. The highest BCUT2D eigenvalue weighted by Gasteiger charge is 2.33. The molecule has 1 atom stereocenters. The van der Waals surface area contributed by atoms with Gasteiger partial charge in [-0.15, -0.1) is 11.8 Å². The van der Waals surface area contributed by atoms with Gasteiger partial charge >= 0.3 is 5.97 Å². The summed E-state index contributed by atoms with van der Waals surface area (Å²) in [6, 6.07) is 18.2. The third kappa shape index (κ3) is 7.49. The molecule has 0 fully saturated rings. The van der Waals surface area contributed by atoms with Crippen LogP contribution in [0.3, 0.4) is 0 Å². The summed E-state index contributed by atoms with van der Waals surface area (Å²) in [5.41, 5.74) is 2.47. The molecule has 6 nitrogen and oxygen atoms in total. The molecule has 0 aliphatic heterocycles. The number of rotatable bonds is 11. The van der Waals surface area contributed by atoms with Gasteiger partial charge in [0.05, 0.1) is 5.41 Å². The van der Waals surface area contributed by atoms with Crippen LogP contribution < -0.4 is 4.74 Å². The molecule has 0 aliphatic rings. The van der Waals surface area contributed by atoms with Gasteiger partial charge in [0, 0.05) is 44.2 Å². The summed E-state index contributed by atoms with van der Waals surface area (Å²) in [5.74, 6) is -0.708. The summed E-state index contributed by atoms with van der Waals surface area (Å²) < 4.78 is 21.4. The van der Waals surface area contributed by atoms with Gasteiger partial charge in [-0.2, -0.15) is 4.91 Å². The van der Waals surface area contributed by atoms with Crippen LogP contribution in [-0.4, -0.2) is 27.0 Å². The summed E-state index contributed by atoms with van der Waals surface area (Å²) in [5, 5.41) is 14.8. The first-order valence-corrected chi connectivity index (χ1v) is 14.5. The Morgan fingerprint density at radius 2 is 1.71 bits per heavy atom. The number of aromatic nitrogens is 1. The number of thioether (sulfide) groups is 1. The monoisotopic (exact) mass is 596 g/mol. The van der Waals surface area contributed by atoms with Crippen molar-refractivity contribution in [2.45, 2.75) is 63.3 Å². The van der Waals surface area contributed by atoms with Gasteiger partial charge in [-0.1, -0.05) is 61.8 Å². The Labute approximate surface area is 248 Å². The standard InChI is InChI=1S/C32H34ClFN2O4S/c1-31(2,3)41-29-25-16-24(40-19-26(35-39)21-8-12-23(34)13-9-21)14-15-27(25)36(18-20-6-10-22(33)11-7-20)28(29)17-32(4,5)30(37)38/h6-16,26H,17-19H2,1-5H3,(H,37,38). The van der Waals surface area contributed by atoms with Gasteiger partial charge in [0.15, 0.2) is 6.04 Å². The van der Waals surface area contributed by atoms with Crippen LogP contribution in [0, 0.1) is 16.1 Å². The maximum Gasteiger partial charge on any atom is 0.309 e. The van der Waals surface area contributed by atoms with Gasteiger partial charge < -0.3 is 14.4 Å². The molecule has 41 heavy (non-hydrogen) atoms. The van der Waals surface area contributed by atoms with Gasteiger partial charge in [0.25, 0.3) is 0 Å². The van der Waals surface area contributed by atoms with Crippen LogP contribution in [0.25, 0.3) is 10.9 Å². The Hall–Kier alpha value is -3.36. The number of aliphatic carboxylic acids is 1. The molecular weight excluding hydrogens is 563 g/mol. The first-order valence-electron chi connectivity index (χ1n) is 13.3. The minimum atomic E-state index is -1.00. The lowest BCUT2D eigenvalue weighted by Gasteiger charge is -2.24. The third-order valence-corrected chi connectivity index (χ3v) is 8.26. The lowest BCUT2D eigenvalue weighted by molar-refractivity contribution is -0.146. The Morgan fingerprint density at radius 3 is 2.29 bits per heavy atom. The van der Waals surface area contributed by atoms with Crippen molar-refractivity contribution in [3.05, 3.63) is 99.3 Å². The van der Waals surface area contributed by atoms with Crippen molar-refractivity contribution in [2.75, 3.05) is 6.61 Å². The number of benzene rings is 3. The van der Waals surface area contributed by atoms with E-state index in [9.17, 15) is 19.2 Å². The smallest absolute Gasteiger partial charge is 0.309 e. The largest absolute Gasteiger partial charge is 0.491 e. The van der Waals surface area contributed by atoms with Gasteiger partial charge in [-0.25, -0.2) is 4.39 Å². The molecule has 1 unspecified atom stereocenters. The zero-order valence-corrected chi connectivity index (χ0v) is 25.4. The lowest BCUT2D eigenvalue weighted by atomic mass is 9.88. The Balaban J connectivity index is 1.80. The quantitative estimate of drug-likeness (QED) is 0.138. The van der Waals surface area contributed by atoms with Crippen LogP contribution in [0.4, 0.5) is 4.39 Å². The van der Waals surface area contributed by atoms with Gasteiger partial charge in [-0.3, -0.25) is 4.79 Å². The molecular formula is C32H34ClFN2O4S. The Morgan fingerprint density at radius 1 is 1.05 bits per heavy atom. The molecule has 3 aromatic carbocycles. The minimum Gasteiger partial charge on any atom is -0.491 e. The fourth-order valence-electron chi connectivity index (χ4n) is 4.54. The topological polar surface area (TPSA) is 80.9 Å². The van der Waals surface area contributed by atoms with E-state index in [-0.39, 0.29) is 11.4 Å². The second kappa shape index (κ2) is 12.2. The second-order valence-electron chi connectivity index (χ2n) is 11.7. The van der Waals surface area contributed by atoms with Crippen molar-refractivity contribution in [1.82, 2.24) is 4.57 Å². The maximum absolute atomic E-state index is 13.4. The van der Waals surface area contributed by atoms with Crippen LogP contribution in [0.15, 0.2) is 76.8 Å². The SMILES string of the molecule is CC(C)(C)Sc1c(CC(C)(C)C(=O)O)n(Cc2ccc(Cl)cc2)c2ccc(OCC(N=O)c3ccc(F)cc3)cc12. The highest BCUT2D eigenvalue weighted by atomic mass is 35.5. The molecule has 0 amide bonds. The summed E-state index contributed by atoms with van der Waals surface area (Å²) in [6.45, 7) is 10.4. The average Bonchev–Trinajstić information content (AvgIpc) is 3.16. The molecule has 1 aromatic heterocycles. The summed E-state index contributed by atoms with van der Waals surface area (Å²) in [4.78, 5) is 24.8. The number of hydrogen-bond acceptors (Lipinski definition) is 5. The van der Waals surface area contributed by atoms with E-state index in [4.69, 9.17) is 16.3 Å². The average molecular weight is 597 g/mol. The molecule has 9 heteroatoms. The zero-order valence-electron chi connectivity index (χ0n) is 23.8. The number of fused-ring (bicyclic) bond motifs is 1. The summed E-state index contributed by atoms with van der Waals surface area (Å²) in [6.07, 6.45) is 0.320. The second-order valence-corrected chi connectivity index (χ2v) is 14.0. The number of carbonyl (C=O) groups is 1. The van der Waals surface area contributed by atoms with E-state index in [1.807, 2.05) is 42.5 Å². The first-order chi connectivity index (χ1) is 19.3. The Kier molecular flexibility index (Phi) is 9.14. The number of hydrogen-bond donors (Lipinski definition) is 1. The van der Waals surface area contributed by atoms with E-state index in [2.05, 4.69) is 30.5 Å². The van der Waals surface area contributed by atoms with Crippen LogP contribution in [0.2, 0.25) is 5.02 Å². The molecule has 0 saturated carbocycles. The molecule has 4 rings (SSSR count). The van der Waals surface area contributed by atoms with Crippen LogP contribution in [0.5, 0.6) is 5.75 Å². The molecule has 1 heterocycles. The number of nitroso groups, excluding NO2 is 1. The molecule has 1 N–H and O–H groups in total. The van der Waals surface area contributed by atoms with Crippen molar-refractivity contribution < 1.29 is 19.0 Å². The summed E-state index contributed by atoms with van der Waals surface area (Å²) >= 11 is 7.82. The van der Waals surface area contributed by atoms with E-state index in [1.165, 1.54) is 24.3 Å². The van der Waals surface area contributed by atoms with E-state index in [0.29, 0.717) is 29.3 Å². The highest BCUT2D eigenvalue weighted by molar-refractivity contribution is 8.00. The third-order valence-electron chi connectivity index (χ3n) is 6.73. The van der Waals surface area contributed by atoms with E-state index < -0.39 is 23.2 Å². The molecule has 216 valence electrons. The lowest BCUT2D eigenvalue weighted by Crippen LogP contribution is -2.28. The fourth-order valence-corrected chi connectivity index (χ4v) is 5.85.